The summed E-state index contributed by atoms with van der Waals surface area (Å²) < 4.78 is 0. The molecule has 0 radical (unpaired) electrons. The fourth-order valence-electron chi connectivity index (χ4n) is 9.14. The van der Waals surface area contributed by atoms with Crippen molar-refractivity contribution in [1.82, 2.24) is 4.98 Å². The van der Waals surface area contributed by atoms with Crippen LogP contribution in [0.2, 0.25) is 0 Å². The number of aromatic nitrogens is 1. The van der Waals surface area contributed by atoms with E-state index in [0.29, 0.717) is 5.92 Å². The highest BCUT2D eigenvalue weighted by atomic mass is 14.8. The molecule has 3 unspecified atom stereocenters. The molecule has 0 N–H and O–H groups in total. The Hall–Kier alpha value is -6.12. The maximum absolute atomic E-state index is 5.48. The van der Waals surface area contributed by atoms with E-state index in [1.165, 1.54) is 50.6 Å². The van der Waals surface area contributed by atoms with E-state index in [4.69, 9.17) is 4.99 Å². The van der Waals surface area contributed by atoms with Crippen LogP contribution < -0.4 is 0 Å². The van der Waals surface area contributed by atoms with Gasteiger partial charge in [0.25, 0.3) is 0 Å². The maximum Gasteiger partial charge on any atom is 0.0701 e. The predicted octanol–water partition coefficient (Wildman–Crippen LogP) is 13.7. The molecule has 1 fully saturated rings. The van der Waals surface area contributed by atoms with Crippen LogP contribution in [0.1, 0.15) is 78.3 Å². The Balaban J connectivity index is 1.14. The lowest BCUT2D eigenvalue weighted by Gasteiger charge is -2.27. The van der Waals surface area contributed by atoms with E-state index in [-0.39, 0.29) is 5.92 Å². The first kappa shape index (κ1) is 33.4. The van der Waals surface area contributed by atoms with Gasteiger partial charge in [-0.15, -0.1) is 0 Å². The zero-order chi connectivity index (χ0) is 36.9. The molecule has 1 saturated carbocycles. The number of allylic oxidation sites excluding steroid dienone is 3. The van der Waals surface area contributed by atoms with Gasteiger partial charge in [-0.2, -0.15) is 0 Å². The zero-order valence-corrected chi connectivity index (χ0v) is 31.5. The van der Waals surface area contributed by atoms with Gasteiger partial charge in [0.15, 0.2) is 0 Å². The summed E-state index contributed by atoms with van der Waals surface area (Å²) in [5, 5.41) is 2.85. The van der Waals surface area contributed by atoms with E-state index in [1.807, 2.05) is 18.3 Å². The standard InChI is InChI=1S/C53H44N2/c1-3-35(36-12-6-4-7-13-36)33-51(38-14-8-5-9-15-38)55-34(2)42-29-43(37-17-19-39(20-18-37)50-16-10-11-27-54-50)31-44(30-42)46-24-23-40-21-22-41-28-45-32-49(45)48-26-25-47(46)52(40)53(41)48/h4-20,23-31,33,35,45,49H,3,21-22,32H2,1-2H3/b51-33-,55-34?. The Morgan fingerprint density at radius 2 is 1.49 bits per heavy atom. The summed E-state index contributed by atoms with van der Waals surface area (Å²) in [4.78, 5) is 10.1. The number of aliphatic imine (C=N–C) groups is 1. The molecule has 1 aromatic heterocycles. The van der Waals surface area contributed by atoms with Crippen LogP contribution in [0.15, 0.2) is 169 Å². The molecule has 0 spiro atoms. The maximum atomic E-state index is 5.48. The molecule has 1 heterocycles. The van der Waals surface area contributed by atoms with Gasteiger partial charge in [-0.1, -0.05) is 134 Å². The molecule has 2 heteroatoms. The lowest BCUT2D eigenvalue weighted by molar-refractivity contribution is 0.805. The second-order valence-corrected chi connectivity index (χ2v) is 15.6. The lowest BCUT2D eigenvalue weighted by Crippen LogP contribution is -2.08. The van der Waals surface area contributed by atoms with Crippen LogP contribution in [0, 0.1) is 5.92 Å². The first-order chi connectivity index (χ1) is 27.1. The molecule has 0 saturated heterocycles. The Morgan fingerprint density at radius 1 is 0.727 bits per heavy atom. The number of benzene rings is 6. The molecule has 3 aliphatic carbocycles. The average molecular weight is 709 g/mol. The lowest BCUT2D eigenvalue weighted by atomic mass is 9.77. The van der Waals surface area contributed by atoms with E-state index in [2.05, 4.69) is 164 Å². The Kier molecular flexibility index (Phi) is 8.48. The second kappa shape index (κ2) is 13.9. The van der Waals surface area contributed by atoms with E-state index >= 15 is 0 Å². The summed E-state index contributed by atoms with van der Waals surface area (Å²) in [7, 11) is 0. The van der Waals surface area contributed by atoms with Gasteiger partial charge >= 0.3 is 0 Å². The van der Waals surface area contributed by atoms with Crippen LogP contribution in [-0.2, 0) is 6.42 Å². The van der Waals surface area contributed by atoms with Gasteiger partial charge in [0.1, 0.15) is 0 Å². The van der Waals surface area contributed by atoms with Crippen molar-refractivity contribution < 1.29 is 0 Å². The molecule has 0 amide bonds. The van der Waals surface area contributed by atoms with Crippen LogP contribution in [0.4, 0.5) is 0 Å². The Labute approximate surface area is 324 Å². The van der Waals surface area contributed by atoms with Gasteiger partial charge in [-0.25, -0.2) is 0 Å². The van der Waals surface area contributed by atoms with Gasteiger partial charge in [0.05, 0.1) is 11.4 Å². The zero-order valence-electron chi connectivity index (χ0n) is 31.5. The molecule has 6 aromatic carbocycles. The summed E-state index contributed by atoms with van der Waals surface area (Å²) in [6.45, 7) is 4.43. The first-order valence-corrected chi connectivity index (χ1v) is 20.0. The fourth-order valence-corrected chi connectivity index (χ4v) is 9.14. The number of fused-ring (bicyclic) bond motifs is 2. The Bertz CT molecular complexity index is 2650. The van der Waals surface area contributed by atoms with Crippen molar-refractivity contribution in [1.29, 1.82) is 0 Å². The summed E-state index contributed by atoms with van der Waals surface area (Å²) in [6, 6.07) is 53.1. The van der Waals surface area contributed by atoms with E-state index in [1.54, 1.807) is 16.7 Å². The molecule has 7 aromatic rings. The summed E-state index contributed by atoms with van der Waals surface area (Å²) in [6.07, 6.45) is 11.4. The molecular weight excluding hydrogens is 665 g/mol. The topological polar surface area (TPSA) is 25.2 Å². The highest BCUT2D eigenvalue weighted by Crippen LogP contribution is 2.58. The molecular formula is C53H44N2. The SMILES string of the molecule is CCC(/C=C(\N=C(C)c1cc(-c2ccc(-c3ccccn3)cc2)cc(-c2ccc3c4c5c(ccc24)C2CC2C=C5CC3)c1)c1ccccc1)c1ccccc1. The largest absolute Gasteiger partial charge is 0.256 e. The van der Waals surface area contributed by atoms with E-state index in [9.17, 15) is 0 Å². The van der Waals surface area contributed by atoms with Crippen LogP contribution in [-0.4, -0.2) is 10.7 Å². The first-order valence-electron chi connectivity index (χ1n) is 20.0. The minimum absolute atomic E-state index is 0.256. The third-order valence-corrected chi connectivity index (χ3v) is 12.2. The van der Waals surface area contributed by atoms with Crippen molar-refractivity contribution in [2.75, 3.05) is 0 Å². The molecule has 3 atom stereocenters. The van der Waals surface area contributed by atoms with Gasteiger partial charge in [-0.3, -0.25) is 9.98 Å². The van der Waals surface area contributed by atoms with Crippen LogP contribution in [0.3, 0.4) is 0 Å². The molecule has 0 bridgehead atoms. The van der Waals surface area contributed by atoms with Crippen molar-refractivity contribution in [3.8, 4) is 33.5 Å². The molecule has 10 rings (SSSR count). The summed E-state index contributed by atoms with van der Waals surface area (Å²) in [5.41, 5.74) is 18.7. The van der Waals surface area contributed by atoms with Gasteiger partial charge < -0.3 is 0 Å². The monoisotopic (exact) mass is 708 g/mol. The van der Waals surface area contributed by atoms with Gasteiger partial charge in [-0.05, 0) is 147 Å². The number of rotatable bonds is 9. The minimum atomic E-state index is 0.256. The quantitative estimate of drug-likeness (QED) is 0.137. The number of hydrogen-bond donors (Lipinski definition) is 0. The highest BCUT2D eigenvalue weighted by Gasteiger charge is 2.43. The average Bonchev–Trinajstić information content (AvgIpc) is 4.05. The van der Waals surface area contributed by atoms with E-state index < -0.39 is 0 Å². The van der Waals surface area contributed by atoms with Crippen molar-refractivity contribution in [3.63, 3.8) is 0 Å². The van der Waals surface area contributed by atoms with Gasteiger partial charge in [0, 0.05) is 23.4 Å². The number of pyridine rings is 1. The van der Waals surface area contributed by atoms with Crippen molar-refractivity contribution >= 4 is 27.8 Å². The molecule has 0 aliphatic heterocycles. The number of nitrogens with zero attached hydrogens (tertiary/aromatic N) is 2. The van der Waals surface area contributed by atoms with Crippen molar-refractivity contribution in [3.05, 3.63) is 197 Å². The predicted molar refractivity (Wildman–Crippen MR) is 231 cm³/mol. The van der Waals surface area contributed by atoms with Gasteiger partial charge in [0.2, 0.25) is 0 Å². The normalized spacial score (nSPS) is 17.7. The van der Waals surface area contributed by atoms with Crippen LogP contribution in [0.5, 0.6) is 0 Å². The van der Waals surface area contributed by atoms with Crippen LogP contribution >= 0.6 is 0 Å². The molecule has 2 nitrogen and oxygen atoms in total. The minimum Gasteiger partial charge on any atom is -0.256 e. The molecule has 3 aliphatic rings. The fraction of sp³-hybridized carbons (Fsp3) is 0.170. The third-order valence-electron chi connectivity index (χ3n) is 12.2. The molecule has 55 heavy (non-hydrogen) atoms. The number of aryl methyl sites for hydroxylation is 1. The second-order valence-electron chi connectivity index (χ2n) is 15.6. The third kappa shape index (κ3) is 6.26. The van der Waals surface area contributed by atoms with E-state index in [0.717, 1.165) is 59.0 Å². The highest BCUT2D eigenvalue weighted by molar-refractivity contribution is 6.09. The number of hydrogen-bond acceptors (Lipinski definition) is 2. The summed E-state index contributed by atoms with van der Waals surface area (Å²) >= 11 is 0. The Morgan fingerprint density at radius 3 is 2.27 bits per heavy atom. The van der Waals surface area contributed by atoms with Crippen LogP contribution in [0.25, 0.3) is 55.6 Å². The van der Waals surface area contributed by atoms with Crippen molar-refractivity contribution in [2.45, 2.75) is 51.4 Å². The smallest absolute Gasteiger partial charge is 0.0701 e. The van der Waals surface area contributed by atoms with Crippen molar-refractivity contribution in [2.24, 2.45) is 10.9 Å². The summed E-state index contributed by atoms with van der Waals surface area (Å²) in [5.74, 6) is 1.72. The molecule has 266 valence electrons.